The summed E-state index contributed by atoms with van der Waals surface area (Å²) in [5, 5.41) is 0. The minimum absolute atomic E-state index is 0.0609. The third-order valence-corrected chi connectivity index (χ3v) is 15.9. The van der Waals surface area contributed by atoms with Gasteiger partial charge < -0.3 is 14.2 Å². The maximum absolute atomic E-state index is 12.9. The van der Waals surface area contributed by atoms with Crippen LogP contribution in [0.4, 0.5) is 0 Å². The molecule has 0 heterocycles. The van der Waals surface area contributed by atoms with Crippen molar-refractivity contribution in [2.75, 3.05) is 13.2 Å². The van der Waals surface area contributed by atoms with Crippen LogP contribution < -0.4 is 0 Å². The molecule has 0 spiro atoms. The monoisotopic (exact) mass is 1030 g/mol. The zero-order chi connectivity index (χ0) is 53.0. The molecule has 0 saturated heterocycles. The molecule has 1 unspecified atom stereocenters. The summed E-state index contributed by atoms with van der Waals surface area (Å²) in [6, 6.07) is 0. The van der Waals surface area contributed by atoms with Gasteiger partial charge in [-0.1, -0.05) is 349 Å². The summed E-state index contributed by atoms with van der Waals surface area (Å²) < 4.78 is 17.0. The molecule has 6 heteroatoms. The van der Waals surface area contributed by atoms with Crippen molar-refractivity contribution in [1.29, 1.82) is 0 Å². The molecule has 0 fully saturated rings. The fourth-order valence-electron chi connectivity index (χ4n) is 10.5. The van der Waals surface area contributed by atoms with Crippen LogP contribution in [0.2, 0.25) is 0 Å². The van der Waals surface area contributed by atoms with E-state index in [1.165, 1.54) is 283 Å². The van der Waals surface area contributed by atoms with E-state index in [4.69, 9.17) is 14.2 Å². The molecule has 2 atom stereocenters. The predicted octanol–water partition coefficient (Wildman–Crippen LogP) is 22.5. The zero-order valence-corrected chi connectivity index (χ0v) is 50.1. The largest absolute Gasteiger partial charge is 0.462 e. The van der Waals surface area contributed by atoms with E-state index in [1.54, 1.807) is 0 Å². The number of carbonyl (C=O) groups excluding carboxylic acids is 3. The summed E-state index contributed by atoms with van der Waals surface area (Å²) in [5.41, 5.74) is 0. The Morgan fingerprint density at radius 2 is 0.479 bits per heavy atom. The van der Waals surface area contributed by atoms with Crippen molar-refractivity contribution in [3.05, 3.63) is 0 Å². The Morgan fingerprint density at radius 3 is 0.712 bits per heavy atom. The molecule has 0 radical (unpaired) electrons. The fraction of sp³-hybridized carbons (Fsp3) is 0.955. The lowest BCUT2D eigenvalue weighted by molar-refractivity contribution is -0.167. The Labute approximate surface area is 457 Å². The highest BCUT2D eigenvalue weighted by molar-refractivity contribution is 5.71. The number of esters is 3. The van der Waals surface area contributed by atoms with E-state index in [0.717, 1.165) is 63.7 Å². The molecule has 0 N–H and O–H groups in total. The van der Waals surface area contributed by atoms with Crippen LogP contribution in [-0.2, 0) is 28.6 Å². The molecule has 434 valence electrons. The number of hydrogen-bond acceptors (Lipinski definition) is 6. The Balaban J connectivity index is 4.28. The quantitative estimate of drug-likeness (QED) is 0.0343. The van der Waals surface area contributed by atoms with Gasteiger partial charge in [0.15, 0.2) is 6.10 Å². The Morgan fingerprint density at radius 1 is 0.274 bits per heavy atom. The maximum Gasteiger partial charge on any atom is 0.306 e. The van der Waals surface area contributed by atoms with Crippen LogP contribution >= 0.6 is 0 Å². The summed E-state index contributed by atoms with van der Waals surface area (Å²) in [6.45, 7) is 9.14. The second kappa shape index (κ2) is 61.3. The number of unbranched alkanes of at least 4 members (excludes halogenated alkanes) is 48. The topological polar surface area (TPSA) is 78.9 Å². The molecule has 0 aliphatic carbocycles. The van der Waals surface area contributed by atoms with Gasteiger partial charge in [-0.15, -0.1) is 0 Å². The van der Waals surface area contributed by atoms with Crippen LogP contribution in [0.1, 0.15) is 387 Å². The normalized spacial score (nSPS) is 12.3. The second-order valence-electron chi connectivity index (χ2n) is 23.4. The molecule has 0 aliphatic heterocycles. The number of carbonyl (C=O) groups is 3. The van der Waals surface area contributed by atoms with Gasteiger partial charge in [-0.05, 0) is 25.2 Å². The van der Waals surface area contributed by atoms with Crippen LogP contribution in [0.15, 0.2) is 0 Å². The molecule has 0 amide bonds. The van der Waals surface area contributed by atoms with Gasteiger partial charge in [0, 0.05) is 19.3 Å². The fourth-order valence-corrected chi connectivity index (χ4v) is 10.5. The van der Waals surface area contributed by atoms with Gasteiger partial charge in [0.05, 0.1) is 0 Å². The standard InChI is InChI=1S/C67H130O6/c1-5-8-10-12-14-16-18-20-22-24-26-28-29-34-38-42-46-50-54-58-65(68)71-61-64(73-67(70)60-56-52-48-44-40-36-30-27-25-23-21-19-17-15-13-11-9-6-2)62-72-66(69)59-55-51-47-43-39-35-32-31-33-37-41-45-49-53-57-63(4)7-3/h63-64H,5-62H2,1-4H3/t63?,64-/m1/s1. The van der Waals surface area contributed by atoms with E-state index in [0.29, 0.717) is 19.3 Å². The number of hydrogen-bond donors (Lipinski definition) is 0. The van der Waals surface area contributed by atoms with Gasteiger partial charge in [0.2, 0.25) is 0 Å². The van der Waals surface area contributed by atoms with Crippen molar-refractivity contribution >= 4 is 17.9 Å². The van der Waals surface area contributed by atoms with Gasteiger partial charge in [0.25, 0.3) is 0 Å². The third-order valence-electron chi connectivity index (χ3n) is 15.9. The molecule has 0 aromatic heterocycles. The van der Waals surface area contributed by atoms with Gasteiger partial charge in [-0.3, -0.25) is 14.4 Å². The first-order valence-corrected chi connectivity index (χ1v) is 33.4. The molecule has 0 rings (SSSR count). The first kappa shape index (κ1) is 71.4. The predicted molar refractivity (Wildman–Crippen MR) is 317 cm³/mol. The molecule has 0 aromatic carbocycles. The van der Waals surface area contributed by atoms with E-state index in [9.17, 15) is 14.4 Å². The summed E-state index contributed by atoms with van der Waals surface area (Å²) in [7, 11) is 0. The smallest absolute Gasteiger partial charge is 0.306 e. The molecule has 0 aliphatic rings. The third kappa shape index (κ3) is 59.5. The maximum atomic E-state index is 12.9. The van der Waals surface area contributed by atoms with Crippen molar-refractivity contribution in [2.45, 2.75) is 393 Å². The van der Waals surface area contributed by atoms with Crippen LogP contribution in [-0.4, -0.2) is 37.2 Å². The number of rotatable bonds is 62. The minimum Gasteiger partial charge on any atom is -0.462 e. The van der Waals surface area contributed by atoms with Crippen LogP contribution in [0.25, 0.3) is 0 Å². The zero-order valence-electron chi connectivity index (χ0n) is 50.1. The molecule has 0 saturated carbocycles. The Kier molecular flexibility index (Phi) is 59.9. The highest BCUT2D eigenvalue weighted by Gasteiger charge is 2.19. The average molecular weight is 1030 g/mol. The van der Waals surface area contributed by atoms with Gasteiger partial charge in [-0.2, -0.15) is 0 Å². The second-order valence-corrected chi connectivity index (χ2v) is 23.4. The lowest BCUT2D eigenvalue weighted by atomic mass is 9.99. The van der Waals surface area contributed by atoms with E-state index in [2.05, 4.69) is 27.7 Å². The molecular weight excluding hydrogens is 901 g/mol. The first-order valence-electron chi connectivity index (χ1n) is 33.4. The van der Waals surface area contributed by atoms with Gasteiger partial charge in [-0.25, -0.2) is 0 Å². The van der Waals surface area contributed by atoms with Crippen LogP contribution in [0.5, 0.6) is 0 Å². The molecular formula is C67H130O6. The number of ether oxygens (including phenoxy) is 3. The molecule has 0 bridgehead atoms. The van der Waals surface area contributed by atoms with Crippen LogP contribution in [0.3, 0.4) is 0 Å². The highest BCUT2D eigenvalue weighted by atomic mass is 16.6. The van der Waals surface area contributed by atoms with E-state index in [-0.39, 0.29) is 31.1 Å². The van der Waals surface area contributed by atoms with Crippen molar-refractivity contribution in [3.8, 4) is 0 Å². The average Bonchev–Trinajstić information content (AvgIpc) is 3.39. The Hall–Kier alpha value is -1.59. The van der Waals surface area contributed by atoms with Crippen LogP contribution in [0, 0.1) is 5.92 Å². The van der Waals surface area contributed by atoms with Gasteiger partial charge >= 0.3 is 17.9 Å². The van der Waals surface area contributed by atoms with E-state index < -0.39 is 6.10 Å². The highest BCUT2D eigenvalue weighted by Crippen LogP contribution is 2.19. The van der Waals surface area contributed by atoms with Crippen molar-refractivity contribution in [2.24, 2.45) is 5.92 Å². The SMILES string of the molecule is CCCCCCCCCCCCCCCCCCCCCC(=O)OC[C@H](COC(=O)CCCCCCCCCCCCCCCCC(C)CC)OC(=O)CCCCCCCCCCCCCCCCCCCC. The summed E-state index contributed by atoms with van der Waals surface area (Å²) in [4.78, 5) is 38.4. The van der Waals surface area contributed by atoms with Crippen molar-refractivity contribution in [1.82, 2.24) is 0 Å². The Bertz CT molecular complexity index is 1110. The van der Waals surface area contributed by atoms with Gasteiger partial charge in [0.1, 0.15) is 13.2 Å². The molecule has 73 heavy (non-hydrogen) atoms. The van der Waals surface area contributed by atoms with E-state index >= 15 is 0 Å². The van der Waals surface area contributed by atoms with E-state index in [1.807, 2.05) is 0 Å². The van der Waals surface area contributed by atoms with Crippen molar-refractivity contribution < 1.29 is 28.6 Å². The minimum atomic E-state index is -0.763. The first-order chi connectivity index (χ1) is 35.9. The lowest BCUT2D eigenvalue weighted by Crippen LogP contribution is -2.30. The summed E-state index contributed by atoms with van der Waals surface area (Å²) >= 11 is 0. The molecule has 6 nitrogen and oxygen atoms in total. The molecule has 0 aromatic rings. The van der Waals surface area contributed by atoms with Crippen molar-refractivity contribution in [3.63, 3.8) is 0 Å². The summed E-state index contributed by atoms with van der Waals surface area (Å²) in [5.74, 6) is 0.0715. The summed E-state index contributed by atoms with van der Waals surface area (Å²) in [6.07, 6.45) is 69.6. The lowest BCUT2D eigenvalue weighted by Gasteiger charge is -2.18.